The molecule has 272 valence electrons. The molecular formula is C34H49F2N5O8. The molecule has 0 aromatic heterocycles. The number of rotatable bonds is 13. The second-order valence-electron chi connectivity index (χ2n) is 15.7. The van der Waals surface area contributed by atoms with Gasteiger partial charge in [0.05, 0.1) is 5.56 Å². The fraction of sp³-hybridized carbons (Fsp3) is 0.647. The molecule has 0 bridgehead atoms. The number of hydrogen-bond donors (Lipinski definition) is 6. The van der Waals surface area contributed by atoms with E-state index < -0.39 is 83.5 Å². The highest BCUT2D eigenvalue weighted by molar-refractivity contribution is 5.96. The maximum absolute atomic E-state index is 14.1. The van der Waals surface area contributed by atoms with Gasteiger partial charge in [0.15, 0.2) is 0 Å². The van der Waals surface area contributed by atoms with Crippen LogP contribution in [0.15, 0.2) is 24.3 Å². The van der Waals surface area contributed by atoms with Crippen molar-refractivity contribution < 1.29 is 47.8 Å². The quantitative estimate of drug-likeness (QED) is 0.182. The lowest BCUT2D eigenvalue weighted by Gasteiger charge is -2.38. The van der Waals surface area contributed by atoms with E-state index in [1.54, 1.807) is 53.7 Å². The summed E-state index contributed by atoms with van der Waals surface area (Å²) in [5.74, 6) is -4.97. The third kappa shape index (κ3) is 9.44. The standard InChI is InChI=1S/C34H49F2N5O8/c1-32(2,3)24(39-31(49)40-25(30(47)48)33(4,5)6)28(44)41-16-19-22(34(19,7)8)23(41)27(43)38-20(15-21(35)36)26(42)37-14-13-17-9-11-18(12-10-17)29(45)46/h9-12,19-25H,13-16H2,1-8H3,(H,37,42)(H,38,43)(H,45,46)(H,47,48)(H2,39,40,49)/t19-,20-,22-,23-,24+,25+/m0/s1. The van der Waals surface area contributed by atoms with Gasteiger partial charge in [0.1, 0.15) is 24.2 Å². The number of nitrogens with one attached hydrogen (secondary N) is 4. The van der Waals surface area contributed by atoms with Crippen molar-refractivity contribution in [3.05, 3.63) is 35.4 Å². The number of aromatic carboxylic acids is 1. The van der Waals surface area contributed by atoms with Crippen molar-refractivity contribution in [1.29, 1.82) is 0 Å². The Labute approximate surface area is 284 Å². The number of fused-ring (bicyclic) bond motifs is 1. The van der Waals surface area contributed by atoms with Crippen molar-refractivity contribution in [3.8, 4) is 0 Å². The minimum absolute atomic E-state index is 0.0333. The molecule has 0 spiro atoms. The van der Waals surface area contributed by atoms with E-state index in [0.717, 1.165) is 0 Å². The van der Waals surface area contributed by atoms with Crippen LogP contribution in [0.1, 0.15) is 77.7 Å². The van der Waals surface area contributed by atoms with Gasteiger partial charge in [0.2, 0.25) is 24.1 Å². The molecular weight excluding hydrogens is 644 g/mol. The average molecular weight is 694 g/mol. The number of piperidine rings is 1. The molecule has 1 aromatic rings. The number of benzene rings is 1. The zero-order chi connectivity index (χ0) is 37.2. The predicted molar refractivity (Wildman–Crippen MR) is 175 cm³/mol. The van der Waals surface area contributed by atoms with Gasteiger partial charge in [-0.25, -0.2) is 23.2 Å². The third-order valence-electron chi connectivity index (χ3n) is 9.50. The molecule has 0 unspecified atom stereocenters. The van der Waals surface area contributed by atoms with Gasteiger partial charge in [-0.15, -0.1) is 0 Å². The van der Waals surface area contributed by atoms with Crippen molar-refractivity contribution in [2.75, 3.05) is 13.1 Å². The summed E-state index contributed by atoms with van der Waals surface area (Å²) in [7, 11) is 0. The Kier molecular flexibility index (Phi) is 11.7. The van der Waals surface area contributed by atoms with Crippen molar-refractivity contribution in [2.24, 2.45) is 28.1 Å². The van der Waals surface area contributed by atoms with Crippen molar-refractivity contribution in [2.45, 2.75) is 98.8 Å². The first-order chi connectivity index (χ1) is 22.5. The molecule has 6 atom stereocenters. The number of carboxylic acid groups (broad SMARTS) is 2. The number of carboxylic acids is 2. The zero-order valence-corrected chi connectivity index (χ0v) is 29.2. The number of alkyl halides is 2. The monoisotopic (exact) mass is 693 g/mol. The molecule has 5 amide bonds. The molecule has 2 fully saturated rings. The first-order valence-corrected chi connectivity index (χ1v) is 16.3. The van der Waals surface area contributed by atoms with Crippen LogP contribution in [-0.2, 0) is 25.6 Å². The molecule has 1 saturated heterocycles. The molecule has 13 nitrogen and oxygen atoms in total. The van der Waals surface area contributed by atoms with Crippen LogP contribution in [-0.4, -0.2) is 94.5 Å². The van der Waals surface area contributed by atoms with Gasteiger partial charge in [-0.05, 0) is 52.2 Å². The number of nitrogens with zero attached hydrogens (tertiary/aromatic N) is 1. The summed E-state index contributed by atoms with van der Waals surface area (Å²) in [6.07, 6.45) is -3.61. The minimum Gasteiger partial charge on any atom is -0.480 e. The number of likely N-dealkylation sites (tertiary alicyclic amines) is 1. The summed E-state index contributed by atoms with van der Waals surface area (Å²) in [4.78, 5) is 78.3. The zero-order valence-electron chi connectivity index (χ0n) is 29.2. The SMILES string of the molecule is CC(C)(C)[C@H](NC(=O)N[C@H](C(=O)N1C[C@H]2[C@@H]([C@H]1C(=O)N[C@@H](CC(F)F)C(=O)NCCc1ccc(C(=O)O)cc1)C2(C)C)C(C)(C)C)C(=O)O. The van der Waals surface area contributed by atoms with Gasteiger partial charge in [-0.2, -0.15) is 0 Å². The lowest BCUT2D eigenvalue weighted by molar-refractivity contribution is -0.144. The molecule has 1 heterocycles. The lowest BCUT2D eigenvalue weighted by Crippen LogP contribution is -2.62. The summed E-state index contributed by atoms with van der Waals surface area (Å²) < 4.78 is 27.2. The molecule has 15 heteroatoms. The smallest absolute Gasteiger partial charge is 0.335 e. The number of halogens is 2. The van der Waals surface area contributed by atoms with Gasteiger partial charge in [-0.3, -0.25) is 14.4 Å². The van der Waals surface area contributed by atoms with Crippen LogP contribution in [0.5, 0.6) is 0 Å². The summed E-state index contributed by atoms with van der Waals surface area (Å²) in [5.41, 5.74) is -1.28. The first kappa shape index (κ1) is 39.1. The molecule has 49 heavy (non-hydrogen) atoms. The van der Waals surface area contributed by atoms with E-state index in [0.29, 0.717) is 5.56 Å². The molecule has 1 aromatic carbocycles. The fourth-order valence-corrected chi connectivity index (χ4v) is 6.51. The predicted octanol–water partition coefficient (Wildman–Crippen LogP) is 2.88. The van der Waals surface area contributed by atoms with Gasteiger partial charge in [0.25, 0.3) is 0 Å². The Bertz CT molecular complexity index is 1440. The van der Waals surface area contributed by atoms with E-state index in [-0.39, 0.29) is 42.3 Å². The average Bonchev–Trinajstić information content (AvgIpc) is 3.28. The topological polar surface area (TPSA) is 194 Å². The fourth-order valence-electron chi connectivity index (χ4n) is 6.51. The molecule has 3 rings (SSSR count). The highest BCUT2D eigenvalue weighted by Gasteiger charge is 2.70. The molecule has 1 saturated carbocycles. The minimum atomic E-state index is -2.93. The Morgan fingerprint density at radius 1 is 0.898 bits per heavy atom. The van der Waals surface area contributed by atoms with Gasteiger partial charge < -0.3 is 36.4 Å². The van der Waals surface area contributed by atoms with E-state index in [9.17, 15) is 42.7 Å². The molecule has 1 aliphatic heterocycles. The number of carbonyl (C=O) groups is 6. The van der Waals surface area contributed by atoms with Crippen molar-refractivity contribution in [1.82, 2.24) is 26.2 Å². The van der Waals surface area contributed by atoms with Gasteiger partial charge in [-0.1, -0.05) is 67.5 Å². The molecule has 1 aliphatic carbocycles. The van der Waals surface area contributed by atoms with Crippen molar-refractivity contribution >= 4 is 35.7 Å². The van der Waals surface area contributed by atoms with Crippen LogP contribution in [0.3, 0.4) is 0 Å². The van der Waals surface area contributed by atoms with E-state index in [4.69, 9.17) is 5.11 Å². The number of aliphatic carboxylic acids is 1. The molecule has 0 radical (unpaired) electrons. The highest BCUT2D eigenvalue weighted by atomic mass is 19.3. The second-order valence-corrected chi connectivity index (χ2v) is 15.7. The van der Waals surface area contributed by atoms with E-state index in [1.165, 1.54) is 17.0 Å². The Morgan fingerprint density at radius 3 is 1.94 bits per heavy atom. The Balaban J connectivity index is 1.77. The summed E-state index contributed by atoms with van der Waals surface area (Å²) in [6.45, 7) is 14.1. The summed E-state index contributed by atoms with van der Waals surface area (Å²) in [5, 5.41) is 28.7. The van der Waals surface area contributed by atoms with Crippen LogP contribution >= 0.6 is 0 Å². The van der Waals surface area contributed by atoms with Gasteiger partial charge >= 0.3 is 18.0 Å². The van der Waals surface area contributed by atoms with Crippen LogP contribution in [0.25, 0.3) is 0 Å². The number of hydrogen-bond acceptors (Lipinski definition) is 6. The van der Waals surface area contributed by atoms with Crippen LogP contribution in [0.4, 0.5) is 13.6 Å². The number of urea groups is 1. The first-order valence-electron chi connectivity index (χ1n) is 16.3. The van der Waals surface area contributed by atoms with Crippen molar-refractivity contribution in [3.63, 3.8) is 0 Å². The maximum Gasteiger partial charge on any atom is 0.335 e. The van der Waals surface area contributed by atoms with E-state index in [1.807, 2.05) is 13.8 Å². The second kappa shape index (κ2) is 14.7. The summed E-state index contributed by atoms with van der Waals surface area (Å²) in [6, 6.07) is -0.0845. The van der Waals surface area contributed by atoms with Gasteiger partial charge in [0, 0.05) is 19.5 Å². The summed E-state index contributed by atoms with van der Waals surface area (Å²) >= 11 is 0. The van der Waals surface area contributed by atoms with Crippen LogP contribution in [0.2, 0.25) is 0 Å². The normalized spacial score (nSPS) is 21.5. The van der Waals surface area contributed by atoms with E-state index >= 15 is 0 Å². The lowest BCUT2D eigenvalue weighted by atomic mass is 9.85. The number of amides is 5. The highest BCUT2D eigenvalue weighted by Crippen LogP contribution is 2.65. The Hall–Kier alpha value is -4.30. The third-order valence-corrected chi connectivity index (χ3v) is 9.50. The largest absolute Gasteiger partial charge is 0.480 e. The molecule has 2 aliphatic rings. The number of carbonyl (C=O) groups excluding carboxylic acids is 4. The maximum atomic E-state index is 14.1. The van der Waals surface area contributed by atoms with E-state index in [2.05, 4.69) is 21.3 Å². The van der Waals surface area contributed by atoms with Crippen LogP contribution < -0.4 is 21.3 Å². The van der Waals surface area contributed by atoms with Crippen LogP contribution in [0, 0.1) is 28.1 Å². The molecule has 6 N–H and O–H groups in total. The Morgan fingerprint density at radius 2 is 1.45 bits per heavy atom.